The van der Waals surface area contributed by atoms with Gasteiger partial charge in [-0.25, -0.2) is 0 Å². The Balaban J connectivity index is 0.000001000. The summed E-state index contributed by atoms with van der Waals surface area (Å²) in [5.41, 5.74) is 0. The molecule has 0 saturated heterocycles. The van der Waals surface area contributed by atoms with Crippen LogP contribution in [0.25, 0.3) is 0 Å². The van der Waals surface area contributed by atoms with Gasteiger partial charge in [-0.05, 0) is 12.1 Å². The third-order valence-corrected chi connectivity index (χ3v) is 1.00. The SMILES string of the molecule is CC(=O)Oc1ccccc1.[Li+]. The van der Waals surface area contributed by atoms with E-state index in [0.717, 1.165) is 0 Å². The van der Waals surface area contributed by atoms with Crippen molar-refractivity contribution in [3.05, 3.63) is 30.3 Å². The molecule has 52 valence electrons. The van der Waals surface area contributed by atoms with Crippen LogP contribution in [0.2, 0.25) is 0 Å². The average molecular weight is 143 g/mol. The van der Waals surface area contributed by atoms with Crippen molar-refractivity contribution < 1.29 is 28.4 Å². The Morgan fingerprint density at radius 3 is 2.27 bits per heavy atom. The maximum Gasteiger partial charge on any atom is 1.00 e. The van der Waals surface area contributed by atoms with Gasteiger partial charge in [0.2, 0.25) is 0 Å². The smallest absolute Gasteiger partial charge is 0.427 e. The minimum Gasteiger partial charge on any atom is -0.427 e. The van der Waals surface area contributed by atoms with Crippen LogP contribution < -0.4 is 23.6 Å². The van der Waals surface area contributed by atoms with Crippen LogP contribution in [0.3, 0.4) is 0 Å². The van der Waals surface area contributed by atoms with Crippen LogP contribution in [-0.4, -0.2) is 5.97 Å². The molecule has 0 fully saturated rings. The summed E-state index contributed by atoms with van der Waals surface area (Å²) >= 11 is 0. The molecule has 0 aliphatic heterocycles. The molecule has 0 aromatic heterocycles. The second-order valence-corrected chi connectivity index (χ2v) is 1.91. The fourth-order valence-electron chi connectivity index (χ4n) is 0.655. The van der Waals surface area contributed by atoms with Gasteiger partial charge in [-0.2, -0.15) is 0 Å². The zero-order valence-electron chi connectivity index (χ0n) is 6.70. The zero-order valence-corrected chi connectivity index (χ0v) is 6.70. The maximum atomic E-state index is 10.4. The number of hydrogen-bond donors (Lipinski definition) is 0. The van der Waals surface area contributed by atoms with Gasteiger partial charge in [-0.1, -0.05) is 18.2 Å². The minimum absolute atomic E-state index is 0. The van der Waals surface area contributed by atoms with Gasteiger partial charge in [0.15, 0.2) is 0 Å². The van der Waals surface area contributed by atoms with Gasteiger partial charge < -0.3 is 4.74 Å². The predicted octanol–water partition coefficient (Wildman–Crippen LogP) is -1.38. The molecule has 0 spiro atoms. The molecular weight excluding hydrogens is 135 g/mol. The van der Waals surface area contributed by atoms with Crippen molar-refractivity contribution in [2.75, 3.05) is 0 Å². The second kappa shape index (κ2) is 5.01. The molecular formula is C8H8LiO2+. The first-order valence-corrected chi connectivity index (χ1v) is 3.02. The Morgan fingerprint density at radius 2 is 1.82 bits per heavy atom. The van der Waals surface area contributed by atoms with E-state index in [9.17, 15) is 4.79 Å². The van der Waals surface area contributed by atoms with Gasteiger partial charge >= 0.3 is 24.8 Å². The summed E-state index contributed by atoms with van der Waals surface area (Å²) in [7, 11) is 0. The van der Waals surface area contributed by atoms with Crippen molar-refractivity contribution in [3.63, 3.8) is 0 Å². The van der Waals surface area contributed by atoms with Gasteiger partial charge in [0.25, 0.3) is 0 Å². The van der Waals surface area contributed by atoms with E-state index in [1.807, 2.05) is 18.2 Å². The maximum absolute atomic E-state index is 10.4. The normalized spacial score (nSPS) is 8.09. The molecule has 3 heteroatoms. The van der Waals surface area contributed by atoms with Crippen molar-refractivity contribution in [1.82, 2.24) is 0 Å². The van der Waals surface area contributed by atoms with Crippen molar-refractivity contribution >= 4 is 5.97 Å². The summed E-state index contributed by atoms with van der Waals surface area (Å²) in [6.45, 7) is 1.38. The third-order valence-electron chi connectivity index (χ3n) is 1.00. The minimum atomic E-state index is -0.286. The van der Waals surface area contributed by atoms with Crippen LogP contribution in [-0.2, 0) is 4.79 Å². The topological polar surface area (TPSA) is 26.3 Å². The molecule has 0 aliphatic rings. The van der Waals surface area contributed by atoms with Crippen LogP contribution in [0, 0.1) is 0 Å². The van der Waals surface area contributed by atoms with E-state index in [4.69, 9.17) is 4.74 Å². The van der Waals surface area contributed by atoms with Crippen LogP contribution in [0.5, 0.6) is 5.75 Å². The van der Waals surface area contributed by atoms with Crippen molar-refractivity contribution in [2.45, 2.75) is 6.92 Å². The Morgan fingerprint density at radius 1 is 1.27 bits per heavy atom. The molecule has 0 N–H and O–H groups in total. The predicted molar refractivity (Wildman–Crippen MR) is 37.8 cm³/mol. The Bertz CT molecular complexity index is 221. The molecule has 2 nitrogen and oxygen atoms in total. The standard InChI is InChI=1S/C8H8O2.Li/c1-7(9)10-8-5-3-2-4-6-8;/h2-6H,1H3;/q;+1. The van der Waals surface area contributed by atoms with E-state index in [2.05, 4.69) is 0 Å². The second-order valence-electron chi connectivity index (χ2n) is 1.91. The molecule has 11 heavy (non-hydrogen) atoms. The van der Waals surface area contributed by atoms with Crippen molar-refractivity contribution in [1.29, 1.82) is 0 Å². The number of hydrogen-bond acceptors (Lipinski definition) is 2. The average Bonchev–Trinajstić information content (AvgIpc) is 1.88. The van der Waals surface area contributed by atoms with Gasteiger partial charge in [0.05, 0.1) is 0 Å². The number of benzene rings is 1. The van der Waals surface area contributed by atoms with Crippen LogP contribution >= 0.6 is 0 Å². The Kier molecular flexibility index (Phi) is 4.68. The van der Waals surface area contributed by atoms with E-state index in [1.54, 1.807) is 12.1 Å². The first kappa shape index (κ1) is 10.3. The molecule has 1 aromatic rings. The fourth-order valence-corrected chi connectivity index (χ4v) is 0.655. The molecule has 0 bridgehead atoms. The molecule has 1 rings (SSSR count). The van der Waals surface area contributed by atoms with Crippen LogP contribution in [0.1, 0.15) is 6.92 Å². The van der Waals surface area contributed by atoms with Gasteiger partial charge in [0, 0.05) is 6.92 Å². The number of para-hydroxylation sites is 1. The Labute approximate surface area is 77.7 Å². The van der Waals surface area contributed by atoms with E-state index in [0.29, 0.717) is 5.75 Å². The molecule has 0 saturated carbocycles. The van der Waals surface area contributed by atoms with E-state index < -0.39 is 0 Å². The summed E-state index contributed by atoms with van der Waals surface area (Å²) in [5.74, 6) is 0.307. The van der Waals surface area contributed by atoms with Crippen molar-refractivity contribution in [2.24, 2.45) is 0 Å². The summed E-state index contributed by atoms with van der Waals surface area (Å²) in [6, 6.07) is 8.98. The van der Waals surface area contributed by atoms with E-state index >= 15 is 0 Å². The number of rotatable bonds is 1. The molecule has 0 unspecified atom stereocenters. The molecule has 0 heterocycles. The Hall–Kier alpha value is -0.713. The summed E-state index contributed by atoms with van der Waals surface area (Å²) < 4.78 is 4.78. The quantitative estimate of drug-likeness (QED) is 0.275. The third kappa shape index (κ3) is 3.87. The zero-order chi connectivity index (χ0) is 7.40. The summed E-state index contributed by atoms with van der Waals surface area (Å²) in [4.78, 5) is 10.4. The number of esters is 1. The number of carbonyl (C=O) groups excluding carboxylic acids is 1. The molecule has 0 amide bonds. The van der Waals surface area contributed by atoms with E-state index in [-0.39, 0.29) is 24.8 Å². The first-order chi connectivity index (χ1) is 4.79. The van der Waals surface area contributed by atoms with Crippen LogP contribution in [0.15, 0.2) is 30.3 Å². The molecule has 1 aromatic carbocycles. The van der Waals surface area contributed by atoms with Crippen LogP contribution in [0.4, 0.5) is 0 Å². The monoisotopic (exact) mass is 143 g/mol. The largest absolute Gasteiger partial charge is 1.00 e. The molecule has 0 aliphatic carbocycles. The van der Waals surface area contributed by atoms with Gasteiger partial charge in [-0.15, -0.1) is 0 Å². The first-order valence-electron chi connectivity index (χ1n) is 3.02. The molecule has 0 atom stereocenters. The number of carbonyl (C=O) groups is 1. The number of ether oxygens (including phenoxy) is 1. The molecule has 0 radical (unpaired) electrons. The van der Waals surface area contributed by atoms with Gasteiger partial charge in [0.1, 0.15) is 5.75 Å². The van der Waals surface area contributed by atoms with Crippen molar-refractivity contribution in [3.8, 4) is 5.75 Å². The summed E-state index contributed by atoms with van der Waals surface area (Å²) in [6.07, 6.45) is 0. The van der Waals surface area contributed by atoms with Gasteiger partial charge in [-0.3, -0.25) is 4.79 Å². The summed E-state index contributed by atoms with van der Waals surface area (Å²) in [5, 5.41) is 0. The van der Waals surface area contributed by atoms with E-state index in [1.165, 1.54) is 6.92 Å². The fraction of sp³-hybridized carbons (Fsp3) is 0.125.